The van der Waals surface area contributed by atoms with Gasteiger partial charge in [-0.1, -0.05) is 22.9 Å². The summed E-state index contributed by atoms with van der Waals surface area (Å²) in [5.41, 5.74) is 0. The summed E-state index contributed by atoms with van der Waals surface area (Å²) in [6.07, 6.45) is 0. The van der Waals surface area contributed by atoms with Gasteiger partial charge in [-0.05, 0) is 44.7 Å². The lowest BCUT2D eigenvalue weighted by atomic mass is 10.2. The topological polar surface area (TPSA) is 46.2 Å². The van der Waals surface area contributed by atoms with Gasteiger partial charge in [0.05, 0.1) is 10.1 Å². The van der Waals surface area contributed by atoms with Crippen LogP contribution in [0.2, 0.25) is 0 Å². The molecule has 0 aliphatic carbocycles. The first kappa shape index (κ1) is 14.7. The smallest absolute Gasteiger partial charge is 0.182 e. The quantitative estimate of drug-likeness (QED) is 0.907. The summed E-state index contributed by atoms with van der Waals surface area (Å²) >= 11 is 3.30. The predicted molar refractivity (Wildman–Crippen MR) is 73.9 cm³/mol. The molecular formula is C12H18BrNO2S. The Kier molecular flexibility index (Phi) is 5.16. The number of nitrogens with one attached hydrogen (secondary N) is 1. The Balaban J connectivity index is 2.98. The lowest BCUT2D eigenvalue weighted by molar-refractivity contribution is 0.521. The minimum atomic E-state index is -3.26. The predicted octanol–water partition coefficient (Wildman–Crippen LogP) is 2.61. The van der Waals surface area contributed by atoms with Gasteiger partial charge in [0.2, 0.25) is 0 Å². The first-order valence-electron chi connectivity index (χ1n) is 5.62. The summed E-state index contributed by atoms with van der Waals surface area (Å²) in [5, 5.41) is 2.70. The molecule has 5 heteroatoms. The second kappa shape index (κ2) is 5.98. The van der Waals surface area contributed by atoms with Crippen LogP contribution >= 0.6 is 15.9 Å². The van der Waals surface area contributed by atoms with Gasteiger partial charge in [0.25, 0.3) is 0 Å². The largest absolute Gasteiger partial charge is 0.313 e. The van der Waals surface area contributed by atoms with E-state index >= 15 is 0 Å². The Morgan fingerprint density at radius 2 is 1.76 bits per heavy atom. The van der Waals surface area contributed by atoms with Crippen LogP contribution in [-0.2, 0) is 9.84 Å². The maximum Gasteiger partial charge on any atom is 0.182 e. The molecule has 96 valence electrons. The van der Waals surface area contributed by atoms with Crippen molar-refractivity contribution >= 4 is 25.8 Å². The van der Waals surface area contributed by atoms with Crippen LogP contribution in [-0.4, -0.2) is 26.3 Å². The van der Waals surface area contributed by atoms with Crippen LogP contribution in [0, 0.1) is 0 Å². The third-order valence-corrected chi connectivity index (χ3v) is 5.71. The fraction of sp³-hybridized carbons (Fsp3) is 0.500. The highest BCUT2D eigenvalue weighted by Crippen LogP contribution is 2.20. The lowest BCUT2D eigenvalue weighted by Crippen LogP contribution is -2.40. The Labute approximate surface area is 112 Å². The van der Waals surface area contributed by atoms with Crippen molar-refractivity contribution < 1.29 is 8.42 Å². The van der Waals surface area contributed by atoms with Crippen molar-refractivity contribution in [1.82, 2.24) is 5.32 Å². The molecule has 0 aliphatic heterocycles. The Morgan fingerprint density at radius 3 is 2.24 bits per heavy atom. The molecule has 0 heterocycles. The van der Waals surface area contributed by atoms with Gasteiger partial charge >= 0.3 is 0 Å². The molecule has 0 saturated heterocycles. The molecule has 0 fully saturated rings. The molecular weight excluding hydrogens is 302 g/mol. The van der Waals surface area contributed by atoms with Gasteiger partial charge < -0.3 is 5.32 Å². The summed E-state index contributed by atoms with van der Waals surface area (Å²) in [7, 11) is -3.26. The molecule has 2 atom stereocenters. The van der Waals surface area contributed by atoms with E-state index in [1.54, 1.807) is 31.2 Å². The van der Waals surface area contributed by atoms with Crippen molar-refractivity contribution in [2.75, 3.05) is 6.54 Å². The minimum absolute atomic E-state index is 0.0614. The SMILES string of the molecule is CCNC(C)C(C)S(=O)(=O)c1ccc(Br)cc1. The van der Waals surface area contributed by atoms with Gasteiger partial charge in [0, 0.05) is 10.5 Å². The molecule has 0 aliphatic rings. The van der Waals surface area contributed by atoms with Crippen LogP contribution in [0.3, 0.4) is 0 Å². The van der Waals surface area contributed by atoms with E-state index < -0.39 is 15.1 Å². The maximum atomic E-state index is 12.3. The molecule has 17 heavy (non-hydrogen) atoms. The van der Waals surface area contributed by atoms with Crippen molar-refractivity contribution in [2.24, 2.45) is 0 Å². The molecule has 3 nitrogen and oxygen atoms in total. The molecule has 0 amide bonds. The first-order valence-corrected chi connectivity index (χ1v) is 7.96. The van der Waals surface area contributed by atoms with E-state index in [0.29, 0.717) is 4.90 Å². The molecule has 0 bridgehead atoms. The number of rotatable bonds is 5. The number of sulfone groups is 1. The van der Waals surface area contributed by atoms with Crippen LogP contribution in [0.1, 0.15) is 20.8 Å². The van der Waals surface area contributed by atoms with Gasteiger partial charge in [-0.3, -0.25) is 0 Å². The van der Waals surface area contributed by atoms with Gasteiger partial charge in [-0.25, -0.2) is 8.42 Å². The minimum Gasteiger partial charge on any atom is -0.313 e. The normalized spacial score (nSPS) is 15.5. The fourth-order valence-electron chi connectivity index (χ4n) is 1.60. The maximum absolute atomic E-state index is 12.3. The standard InChI is InChI=1S/C12H18BrNO2S/c1-4-14-9(2)10(3)17(15,16)12-7-5-11(13)6-8-12/h5-10,14H,4H2,1-3H3. The van der Waals surface area contributed by atoms with Crippen LogP contribution in [0.5, 0.6) is 0 Å². The van der Waals surface area contributed by atoms with Crippen molar-refractivity contribution in [3.63, 3.8) is 0 Å². The van der Waals surface area contributed by atoms with E-state index in [1.807, 2.05) is 13.8 Å². The first-order chi connectivity index (χ1) is 7.89. The van der Waals surface area contributed by atoms with Crippen LogP contribution in [0.4, 0.5) is 0 Å². The van der Waals surface area contributed by atoms with Gasteiger partial charge in [0.15, 0.2) is 9.84 Å². The van der Waals surface area contributed by atoms with E-state index in [2.05, 4.69) is 21.2 Å². The Hall–Kier alpha value is -0.390. The van der Waals surface area contributed by atoms with Crippen LogP contribution in [0.15, 0.2) is 33.6 Å². The van der Waals surface area contributed by atoms with E-state index in [1.165, 1.54) is 0 Å². The average Bonchev–Trinajstić information content (AvgIpc) is 2.29. The number of hydrogen-bond acceptors (Lipinski definition) is 3. The van der Waals surface area contributed by atoms with Crippen LogP contribution in [0.25, 0.3) is 0 Å². The Morgan fingerprint density at radius 1 is 1.24 bits per heavy atom. The molecule has 0 saturated carbocycles. The Bertz CT molecular complexity index is 456. The highest BCUT2D eigenvalue weighted by atomic mass is 79.9. The number of hydrogen-bond donors (Lipinski definition) is 1. The molecule has 0 aromatic heterocycles. The van der Waals surface area contributed by atoms with E-state index in [4.69, 9.17) is 0 Å². The van der Waals surface area contributed by atoms with Gasteiger partial charge in [0.1, 0.15) is 0 Å². The molecule has 2 unspecified atom stereocenters. The molecule has 0 radical (unpaired) electrons. The van der Waals surface area contributed by atoms with E-state index in [9.17, 15) is 8.42 Å². The average molecular weight is 320 g/mol. The van der Waals surface area contributed by atoms with Gasteiger partial charge in [-0.2, -0.15) is 0 Å². The zero-order chi connectivity index (χ0) is 13.1. The summed E-state index contributed by atoms with van der Waals surface area (Å²) in [4.78, 5) is 0.373. The highest BCUT2D eigenvalue weighted by Gasteiger charge is 2.27. The molecule has 0 spiro atoms. The molecule has 1 aromatic rings. The van der Waals surface area contributed by atoms with Crippen molar-refractivity contribution in [3.05, 3.63) is 28.7 Å². The molecule has 1 N–H and O–H groups in total. The zero-order valence-electron chi connectivity index (χ0n) is 10.3. The molecule has 1 aromatic carbocycles. The number of benzene rings is 1. The lowest BCUT2D eigenvalue weighted by Gasteiger charge is -2.21. The van der Waals surface area contributed by atoms with E-state index in [-0.39, 0.29) is 6.04 Å². The summed E-state index contributed by atoms with van der Waals surface area (Å²) in [5.74, 6) is 0. The van der Waals surface area contributed by atoms with Crippen molar-refractivity contribution in [2.45, 2.75) is 37.0 Å². The van der Waals surface area contributed by atoms with Gasteiger partial charge in [-0.15, -0.1) is 0 Å². The fourth-order valence-corrected chi connectivity index (χ4v) is 3.44. The second-order valence-corrected chi connectivity index (χ2v) is 7.27. The molecule has 1 rings (SSSR count). The van der Waals surface area contributed by atoms with E-state index in [0.717, 1.165) is 11.0 Å². The highest BCUT2D eigenvalue weighted by molar-refractivity contribution is 9.10. The third-order valence-electron chi connectivity index (χ3n) is 2.86. The monoisotopic (exact) mass is 319 g/mol. The summed E-state index contributed by atoms with van der Waals surface area (Å²) < 4.78 is 25.5. The third kappa shape index (κ3) is 3.53. The number of halogens is 1. The summed E-state index contributed by atoms with van der Waals surface area (Å²) in [6, 6.07) is 6.70. The van der Waals surface area contributed by atoms with Crippen molar-refractivity contribution in [3.8, 4) is 0 Å². The summed E-state index contributed by atoms with van der Waals surface area (Å²) in [6.45, 7) is 6.37. The second-order valence-electron chi connectivity index (χ2n) is 4.05. The van der Waals surface area contributed by atoms with Crippen molar-refractivity contribution in [1.29, 1.82) is 0 Å². The van der Waals surface area contributed by atoms with Crippen LogP contribution < -0.4 is 5.32 Å². The zero-order valence-corrected chi connectivity index (χ0v) is 12.7.